The van der Waals surface area contributed by atoms with Crippen LogP contribution in [0.3, 0.4) is 0 Å². The predicted molar refractivity (Wildman–Crippen MR) is 79.6 cm³/mol. The van der Waals surface area contributed by atoms with Crippen LogP contribution in [-0.4, -0.2) is 32.3 Å². The van der Waals surface area contributed by atoms with Gasteiger partial charge in [-0.15, -0.1) is 0 Å². The van der Waals surface area contributed by atoms with Crippen LogP contribution in [0.15, 0.2) is 18.2 Å². The Labute approximate surface area is 125 Å². The van der Waals surface area contributed by atoms with E-state index in [-0.39, 0.29) is 5.97 Å². The zero-order chi connectivity index (χ0) is 15.2. The van der Waals surface area contributed by atoms with Crippen LogP contribution in [0, 0.1) is 5.92 Å². The molecule has 0 fully saturated rings. The van der Waals surface area contributed by atoms with Crippen molar-refractivity contribution in [2.75, 3.05) is 26.4 Å². The summed E-state index contributed by atoms with van der Waals surface area (Å²) < 4.78 is 16.2. The summed E-state index contributed by atoms with van der Waals surface area (Å²) in [6.07, 6.45) is 0. The number of hydrogen-bond acceptors (Lipinski definition) is 5. The summed E-state index contributed by atoms with van der Waals surface area (Å²) >= 11 is 0. The van der Waals surface area contributed by atoms with Crippen LogP contribution in [0.2, 0.25) is 0 Å². The monoisotopic (exact) mass is 293 g/mol. The van der Waals surface area contributed by atoms with Gasteiger partial charge < -0.3 is 19.5 Å². The van der Waals surface area contributed by atoms with Crippen LogP contribution in [0.1, 0.15) is 32.4 Å². The first-order valence-corrected chi connectivity index (χ1v) is 7.41. The molecule has 1 heterocycles. The van der Waals surface area contributed by atoms with Gasteiger partial charge in [0.15, 0.2) is 11.5 Å². The van der Waals surface area contributed by atoms with Gasteiger partial charge in [-0.2, -0.15) is 0 Å². The summed E-state index contributed by atoms with van der Waals surface area (Å²) in [6.45, 7) is 8.18. The van der Waals surface area contributed by atoms with Gasteiger partial charge in [-0.25, -0.2) is 4.79 Å². The third-order valence-corrected chi connectivity index (χ3v) is 3.15. The molecule has 2 rings (SSSR count). The average molecular weight is 293 g/mol. The third-order valence-electron chi connectivity index (χ3n) is 3.15. The zero-order valence-electron chi connectivity index (χ0n) is 12.8. The van der Waals surface area contributed by atoms with Crippen molar-refractivity contribution in [1.82, 2.24) is 5.32 Å². The number of ether oxygens (including phenoxy) is 3. The number of nitrogens with one attached hydrogen (secondary N) is 1. The van der Waals surface area contributed by atoms with Crippen molar-refractivity contribution in [3.05, 3.63) is 23.8 Å². The molecule has 0 amide bonds. The molecule has 1 aliphatic rings. The van der Waals surface area contributed by atoms with E-state index in [1.165, 1.54) is 0 Å². The van der Waals surface area contributed by atoms with E-state index in [9.17, 15) is 4.79 Å². The van der Waals surface area contributed by atoms with E-state index in [0.717, 1.165) is 17.9 Å². The van der Waals surface area contributed by atoms with Crippen LogP contribution in [0.5, 0.6) is 11.5 Å². The van der Waals surface area contributed by atoms with Crippen molar-refractivity contribution >= 4 is 5.97 Å². The fourth-order valence-corrected chi connectivity index (χ4v) is 2.16. The Morgan fingerprint density at radius 1 is 1.29 bits per heavy atom. The molecule has 0 bridgehead atoms. The van der Waals surface area contributed by atoms with Crippen molar-refractivity contribution in [3.63, 3.8) is 0 Å². The molecule has 1 aromatic rings. The summed E-state index contributed by atoms with van der Waals surface area (Å²) in [5.41, 5.74) is 0.832. The predicted octanol–water partition coefficient (Wildman–Crippen LogP) is 2.31. The molecule has 5 heteroatoms. The van der Waals surface area contributed by atoms with Gasteiger partial charge in [-0.05, 0) is 37.1 Å². The quantitative estimate of drug-likeness (QED) is 0.816. The lowest BCUT2D eigenvalue weighted by molar-refractivity contribution is -0.145. The van der Waals surface area contributed by atoms with Crippen LogP contribution < -0.4 is 14.8 Å². The van der Waals surface area contributed by atoms with Gasteiger partial charge in [0.25, 0.3) is 0 Å². The average Bonchev–Trinajstić information content (AvgIpc) is 2.47. The van der Waals surface area contributed by atoms with Crippen molar-refractivity contribution < 1.29 is 19.0 Å². The first-order chi connectivity index (χ1) is 10.1. The minimum absolute atomic E-state index is 0.269. The maximum Gasteiger partial charge on any atom is 0.327 e. The highest BCUT2D eigenvalue weighted by Gasteiger charge is 2.24. The first-order valence-electron chi connectivity index (χ1n) is 7.41. The second-order valence-electron chi connectivity index (χ2n) is 5.39. The smallest absolute Gasteiger partial charge is 0.327 e. The fraction of sp³-hybridized carbons (Fsp3) is 0.562. The fourth-order valence-electron chi connectivity index (χ4n) is 2.16. The Bertz CT molecular complexity index is 487. The normalized spacial score (nSPS) is 14.9. The van der Waals surface area contributed by atoms with Gasteiger partial charge in [0.1, 0.15) is 19.3 Å². The zero-order valence-corrected chi connectivity index (χ0v) is 12.8. The summed E-state index contributed by atoms with van der Waals surface area (Å²) in [6, 6.07) is 5.09. The van der Waals surface area contributed by atoms with Crippen LogP contribution in [0.4, 0.5) is 0 Å². The molecular formula is C16H23NO4. The van der Waals surface area contributed by atoms with Crippen molar-refractivity contribution in [2.24, 2.45) is 5.92 Å². The molecule has 0 saturated carbocycles. The number of rotatable bonds is 6. The summed E-state index contributed by atoms with van der Waals surface area (Å²) in [5, 5.41) is 3.26. The van der Waals surface area contributed by atoms with E-state index >= 15 is 0 Å². The van der Waals surface area contributed by atoms with Gasteiger partial charge in [-0.3, -0.25) is 0 Å². The van der Waals surface area contributed by atoms with Crippen LogP contribution in [-0.2, 0) is 9.53 Å². The molecule has 0 aromatic heterocycles. The lowest BCUT2D eigenvalue weighted by atomic mass is 10.0. The van der Waals surface area contributed by atoms with E-state index < -0.39 is 6.04 Å². The minimum atomic E-state index is -0.483. The molecule has 0 spiro atoms. The maximum atomic E-state index is 12.2. The lowest BCUT2D eigenvalue weighted by Crippen LogP contribution is -2.32. The standard InChI is InChI=1S/C16H23NO4/c1-4-19-16(18)15(17-10-11(2)3)12-5-6-13-14(9-12)21-8-7-20-13/h5-6,9,11,15,17H,4,7-8,10H2,1-3H3. The van der Waals surface area contributed by atoms with E-state index in [2.05, 4.69) is 19.2 Å². The highest BCUT2D eigenvalue weighted by molar-refractivity contribution is 5.78. The van der Waals surface area contributed by atoms with Gasteiger partial charge in [0.05, 0.1) is 6.61 Å². The van der Waals surface area contributed by atoms with E-state index in [4.69, 9.17) is 14.2 Å². The van der Waals surface area contributed by atoms with Crippen molar-refractivity contribution in [1.29, 1.82) is 0 Å². The number of carbonyl (C=O) groups is 1. The summed E-state index contributed by atoms with van der Waals surface area (Å²) in [7, 11) is 0. The number of hydrogen-bond donors (Lipinski definition) is 1. The topological polar surface area (TPSA) is 56.8 Å². The molecule has 21 heavy (non-hydrogen) atoms. The van der Waals surface area contributed by atoms with Crippen molar-refractivity contribution in [3.8, 4) is 11.5 Å². The Morgan fingerprint density at radius 3 is 2.67 bits per heavy atom. The molecule has 1 aromatic carbocycles. The molecule has 5 nitrogen and oxygen atoms in total. The Kier molecular flexibility index (Phi) is 5.44. The van der Waals surface area contributed by atoms with E-state index in [1.54, 1.807) is 6.92 Å². The molecular weight excluding hydrogens is 270 g/mol. The maximum absolute atomic E-state index is 12.2. The minimum Gasteiger partial charge on any atom is -0.486 e. The number of carbonyl (C=O) groups excluding carboxylic acids is 1. The Hall–Kier alpha value is -1.75. The second kappa shape index (κ2) is 7.31. The van der Waals surface area contributed by atoms with E-state index in [0.29, 0.717) is 31.5 Å². The largest absolute Gasteiger partial charge is 0.486 e. The van der Waals surface area contributed by atoms with Crippen LogP contribution >= 0.6 is 0 Å². The number of esters is 1. The Balaban J connectivity index is 2.20. The second-order valence-corrected chi connectivity index (χ2v) is 5.39. The molecule has 1 aliphatic heterocycles. The molecule has 1 N–H and O–H groups in total. The SMILES string of the molecule is CCOC(=O)C(NCC(C)C)c1ccc2c(c1)OCCO2. The molecule has 0 aliphatic carbocycles. The highest BCUT2D eigenvalue weighted by atomic mass is 16.6. The summed E-state index contributed by atoms with van der Waals surface area (Å²) in [4.78, 5) is 12.2. The van der Waals surface area contributed by atoms with Crippen LogP contribution in [0.25, 0.3) is 0 Å². The molecule has 116 valence electrons. The number of fused-ring (bicyclic) bond motifs is 1. The first kappa shape index (κ1) is 15.6. The van der Waals surface area contributed by atoms with Gasteiger partial charge >= 0.3 is 5.97 Å². The molecule has 1 unspecified atom stereocenters. The van der Waals surface area contributed by atoms with Gasteiger partial charge in [0.2, 0.25) is 0 Å². The molecule has 0 radical (unpaired) electrons. The van der Waals surface area contributed by atoms with Gasteiger partial charge in [-0.1, -0.05) is 19.9 Å². The molecule has 1 atom stereocenters. The van der Waals surface area contributed by atoms with E-state index in [1.807, 2.05) is 18.2 Å². The highest BCUT2D eigenvalue weighted by Crippen LogP contribution is 2.33. The lowest BCUT2D eigenvalue weighted by Gasteiger charge is -2.22. The third kappa shape index (κ3) is 4.11. The number of benzene rings is 1. The molecule has 0 saturated heterocycles. The van der Waals surface area contributed by atoms with Gasteiger partial charge in [0, 0.05) is 0 Å². The Morgan fingerprint density at radius 2 is 2.00 bits per heavy atom. The van der Waals surface area contributed by atoms with Crippen molar-refractivity contribution in [2.45, 2.75) is 26.8 Å². The summed E-state index contributed by atoms with van der Waals surface area (Å²) in [5.74, 6) is 1.57.